The molecule has 0 unspecified atom stereocenters. The lowest BCUT2D eigenvalue weighted by Crippen LogP contribution is -2.71. The van der Waals surface area contributed by atoms with E-state index in [2.05, 4.69) is 5.32 Å². The van der Waals surface area contributed by atoms with Gasteiger partial charge in [-0.25, -0.2) is 0 Å². The maximum atomic E-state index is 13.1. The topological polar surface area (TPSA) is 86.7 Å². The summed E-state index contributed by atoms with van der Waals surface area (Å²) >= 11 is 0. The predicted octanol–water partition coefficient (Wildman–Crippen LogP) is 2.12. The molecule has 1 heterocycles. The molecule has 6 heteroatoms. The van der Waals surface area contributed by atoms with Crippen molar-refractivity contribution in [2.75, 3.05) is 6.54 Å². The van der Waals surface area contributed by atoms with Crippen molar-refractivity contribution in [3.63, 3.8) is 0 Å². The van der Waals surface area contributed by atoms with E-state index in [-0.39, 0.29) is 5.91 Å². The number of nitrogens with zero attached hydrogens (tertiary/aromatic N) is 1. The summed E-state index contributed by atoms with van der Waals surface area (Å²) in [6, 6.07) is 9.04. The molecule has 26 heavy (non-hydrogen) atoms. The Hall–Kier alpha value is -2.21. The number of hydrogen-bond acceptors (Lipinski definition) is 4. The second-order valence-electron chi connectivity index (χ2n) is 7.36. The molecule has 1 spiro atoms. The smallest absolute Gasteiger partial charge is 0.323 e. The van der Waals surface area contributed by atoms with Gasteiger partial charge in [0.25, 0.3) is 0 Å². The van der Waals surface area contributed by atoms with Gasteiger partial charge >= 0.3 is 5.97 Å². The Morgan fingerprint density at radius 3 is 2.31 bits per heavy atom. The molecule has 2 N–H and O–H groups in total. The van der Waals surface area contributed by atoms with Crippen LogP contribution in [0, 0.1) is 0 Å². The number of rotatable bonds is 4. The fourth-order valence-corrected chi connectivity index (χ4v) is 4.14. The minimum atomic E-state index is -1.16. The molecule has 0 aromatic heterocycles. The largest absolute Gasteiger partial charge is 0.480 e. The first-order valence-corrected chi connectivity index (χ1v) is 9.41. The van der Waals surface area contributed by atoms with Crippen molar-refractivity contribution in [2.45, 2.75) is 62.9 Å². The van der Waals surface area contributed by atoms with Gasteiger partial charge in [-0.1, -0.05) is 62.4 Å². The van der Waals surface area contributed by atoms with Crippen LogP contribution in [-0.2, 0) is 20.8 Å². The van der Waals surface area contributed by atoms with E-state index < -0.39 is 30.0 Å². The monoisotopic (exact) mass is 358 g/mol. The molecule has 1 aliphatic carbocycles. The van der Waals surface area contributed by atoms with E-state index in [9.17, 15) is 19.5 Å². The average molecular weight is 358 g/mol. The summed E-state index contributed by atoms with van der Waals surface area (Å²) in [6.07, 6.45) is 6.86. The standard InChI is InChI=1S/C20H26N2O4/c23-17(24)14-22-18(25)16(13-15-9-5-4-6-10-15)21-20(19(22)26)11-7-2-1-3-8-12-20/h4-6,9-10,16,21H,1-3,7-8,11-14H2,(H,23,24)/t16-/m0/s1. The third kappa shape index (κ3) is 3.96. The Morgan fingerprint density at radius 1 is 1.08 bits per heavy atom. The molecule has 140 valence electrons. The Bertz CT molecular complexity index is 666. The Kier molecular flexibility index (Phi) is 5.71. The summed E-state index contributed by atoms with van der Waals surface area (Å²) in [5.41, 5.74) is 0.174. The Balaban J connectivity index is 1.89. The second-order valence-corrected chi connectivity index (χ2v) is 7.36. The van der Waals surface area contributed by atoms with Crippen molar-refractivity contribution in [2.24, 2.45) is 0 Å². The SMILES string of the molecule is O=C(O)CN1C(=O)[C@H](Cc2ccccc2)NC2(CCCCCCC2)C1=O. The molecule has 6 nitrogen and oxygen atoms in total. The zero-order valence-corrected chi connectivity index (χ0v) is 14.9. The normalized spacial score (nSPS) is 23.5. The van der Waals surface area contributed by atoms with Gasteiger partial charge in [0.2, 0.25) is 11.8 Å². The summed E-state index contributed by atoms with van der Waals surface area (Å²) in [5.74, 6) is -1.96. The molecule has 2 amide bonds. The first kappa shape index (κ1) is 18.6. The highest BCUT2D eigenvalue weighted by Gasteiger charge is 2.50. The first-order valence-electron chi connectivity index (χ1n) is 9.41. The maximum absolute atomic E-state index is 13.1. The number of piperazine rings is 1. The summed E-state index contributed by atoms with van der Waals surface area (Å²) in [5, 5.41) is 12.6. The van der Waals surface area contributed by atoms with E-state index in [1.54, 1.807) is 0 Å². The van der Waals surface area contributed by atoms with Crippen LogP contribution in [0.2, 0.25) is 0 Å². The van der Waals surface area contributed by atoms with Gasteiger partial charge in [-0.15, -0.1) is 0 Å². The number of carbonyl (C=O) groups excluding carboxylic acids is 2. The van der Waals surface area contributed by atoms with Crippen molar-refractivity contribution >= 4 is 17.8 Å². The molecule has 1 saturated heterocycles. The number of nitrogens with one attached hydrogen (secondary N) is 1. The number of benzene rings is 1. The molecule has 2 fully saturated rings. The van der Waals surface area contributed by atoms with Gasteiger partial charge in [-0.05, 0) is 24.8 Å². The third-order valence-corrected chi connectivity index (χ3v) is 5.45. The zero-order valence-electron chi connectivity index (χ0n) is 14.9. The number of imide groups is 1. The molecule has 3 rings (SSSR count). The lowest BCUT2D eigenvalue weighted by Gasteiger charge is -2.45. The van der Waals surface area contributed by atoms with Crippen molar-refractivity contribution in [3.05, 3.63) is 35.9 Å². The van der Waals surface area contributed by atoms with Crippen molar-refractivity contribution in [3.8, 4) is 0 Å². The van der Waals surface area contributed by atoms with E-state index in [1.165, 1.54) is 0 Å². The number of carboxylic acids is 1. The fourth-order valence-electron chi connectivity index (χ4n) is 4.14. The van der Waals surface area contributed by atoms with Crippen LogP contribution < -0.4 is 5.32 Å². The van der Waals surface area contributed by atoms with Gasteiger partial charge in [-0.2, -0.15) is 0 Å². The van der Waals surface area contributed by atoms with Gasteiger partial charge in [0.1, 0.15) is 6.54 Å². The molecule has 2 aliphatic rings. The van der Waals surface area contributed by atoms with Gasteiger partial charge < -0.3 is 5.11 Å². The summed E-state index contributed by atoms with van der Waals surface area (Å²) in [7, 11) is 0. The lowest BCUT2D eigenvalue weighted by molar-refractivity contribution is -0.162. The van der Waals surface area contributed by atoms with E-state index in [0.29, 0.717) is 19.3 Å². The third-order valence-electron chi connectivity index (χ3n) is 5.45. The van der Waals surface area contributed by atoms with Crippen molar-refractivity contribution < 1.29 is 19.5 Å². The predicted molar refractivity (Wildman–Crippen MR) is 96.5 cm³/mol. The number of carbonyl (C=O) groups is 3. The van der Waals surface area contributed by atoms with Crippen LogP contribution in [-0.4, -0.2) is 45.9 Å². The lowest BCUT2D eigenvalue weighted by atomic mass is 9.79. The van der Waals surface area contributed by atoms with E-state index in [1.807, 2.05) is 30.3 Å². The first-order chi connectivity index (χ1) is 12.5. The quantitative estimate of drug-likeness (QED) is 0.805. The van der Waals surface area contributed by atoms with Gasteiger partial charge in [0.05, 0.1) is 11.6 Å². The van der Waals surface area contributed by atoms with Crippen LogP contribution in [0.25, 0.3) is 0 Å². The maximum Gasteiger partial charge on any atom is 0.323 e. The summed E-state index contributed by atoms with van der Waals surface area (Å²) < 4.78 is 0. The number of hydrogen-bond donors (Lipinski definition) is 2. The van der Waals surface area contributed by atoms with Crippen LogP contribution in [0.3, 0.4) is 0 Å². The fraction of sp³-hybridized carbons (Fsp3) is 0.550. The molecule has 1 aromatic carbocycles. The van der Waals surface area contributed by atoms with Gasteiger partial charge in [-0.3, -0.25) is 24.6 Å². The number of amides is 2. The van der Waals surface area contributed by atoms with Crippen molar-refractivity contribution in [1.82, 2.24) is 10.2 Å². The highest BCUT2D eigenvalue weighted by molar-refractivity contribution is 6.06. The molecule has 1 atom stereocenters. The van der Waals surface area contributed by atoms with E-state index in [0.717, 1.165) is 42.6 Å². The van der Waals surface area contributed by atoms with Gasteiger partial charge in [0, 0.05) is 0 Å². The summed E-state index contributed by atoms with van der Waals surface area (Å²) in [6.45, 7) is -0.563. The van der Waals surface area contributed by atoms with Crippen LogP contribution in [0.5, 0.6) is 0 Å². The average Bonchev–Trinajstić information content (AvgIpc) is 2.60. The number of aliphatic carboxylic acids is 1. The van der Waals surface area contributed by atoms with Crippen LogP contribution in [0.4, 0.5) is 0 Å². The Morgan fingerprint density at radius 2 is 1.69 bits per heavy atom. The highest BCUT2D eigenvalue weighted by atomic mass is 16.4. The molecule has 0 bridgehead atoms. The molecule has 1 aliphatic heterocycles. The molecule has 0 radical (unpaired) electrons. The minimum Gasteiger partial charge on any atom is -0.480 e. The highest BCUT2D eigenvalue weighted by Crippen LogP contribution is 2.32. The van der Waals surface area contributed by atoms with Crippen LogP contribution in [0.15, 0.2) is 30.3 Å². The molecular weight excluding hydrogens is 332 g/mol. The van der Waals surface area contributed by atoms with E-state index >= 15 is 0 Å². The zero-order chi connectivity index (χ0) is 18.6. The summed E-state index contributed by atoms with van der Waals surface area (Å²) in [4.78, 5) is 38.1. The van der Waals surface area contributed by atoms with Crippen LogP contribution in [0.1, 0.15) is 50.5 Å². The van der Waals surface area contributed by atoms with E-state index in [4.69, 9.17) is 0 Å². The Labute approximate surface area is 153 Å². The molecule has 1 aromatic rings. The van der Waals surface area contributed by atoms with Crippen molar-refractivity contribution in [1.29, 1.82) is 0 Å². The minimum absolute atomic E-state index is 0.365. The van der Waals surface area contributed by atoms with Crippen LogP contribution >= 0.6 is 0 Å². The number of carboxylic acid groups (broad SMARTS) is 1. The molecule has 1 saturated carbocycles. The molecular formula is C20H26N2O4. The second kappa shape index (κ2) is 7.99. The van der Waals surface area contributed by atoms with Gasteiger partial charge in [0.15, 0.2) is 0 Å².